The van der Waals surface area contributed by atoms with E-state index in [4.69, 9.17) is 28.0 Å². The maximum Gasteiger partial charge on any atom is 0.303 e. The molecule has 4 rings (SSSR count). The van der Waals surface area contributed by atoms with Gasteiger partial charge in [0.2, 0.25) is 41.4 Å². The molecule has 0 aliphatic carbocycles. The molecule has 24 heteroatoms. The van der Waals surface area contributed by atoms with Gasteiger partial charge in [-0.2, -0.15) is 0 Å². The number of nitrogens with zero attached hydrogens (tertiary/aromatic N) is 3. The minimum absolute atomic E-state index is 0.0269. The molecule has 1 fully saturated rings. The molecule has 0 radical (unpaired) electrons. The van der Waals surface area contributed by atoms with Gasteiger partial charge in [-0.25, -0.2) is 4.98 Å². The second-order valence-electron chi connectivity index (χ2n) is 17.1. The van der Waals surface area contributed by atoms with Crippen molar-refractivity contribution in [3.05, 3.63) is 77.9 Å². The molecule has 7 amide bonds. The van der Waals surface area contributed by atoms with Crippen LogP contribution >= 0.6 is 0 Å². The predicted octanol–water partition coefficient (Wildman–Crippen LogP) is -2.35. The van der Waals surface area contributed by atoms with Crippen molar-refractivity contribution >= 4 is 53.3 Å². The third-order valence-electron chi connectivity index (χ3n) is 11.3. The normalized spacial score (nSPS) is 15.9. The van der Waals surface area contributed by atoms with Gasteiger partial charge in [0.1, 0.15) is 47.8 Å². The number of guanidine groups is 1. The molecular weight excluding hydrogens is 899 g/mol. The van der Waals surface area contributed by atoms with Crippen molar-refractivity contribution in [1.29, 1.82) is 0 Å². The third kappa shape index (κ3) is 17.1. The summed E-state index contributed by atoms with van der Waals surface area (Å²) in [5.41, 5.74) is 23.9. The second-order valence-corrected chi connectivity index (χ2v) is 17.1. The number of aromatic amines is 1. The van der Waals surface area contributed by atoms with Gasteiger partial charge in [-0.3, -0.25) is 43.3 Å². The van der Waals surface area contributed by atoms with Crippen molar-refractivity contribution in [3.63, 3.8) is 0 Å². The van der Waals surface area contributed by atoms with E-state index in [1.807, 2.05) is 0 Å². The van der Waals surface area contributed by atoms with Crippen LogP contribution in [0, 0.1) is 5.92 Å². The highest BCUT2D eigenvalue weighted by molar-refractivity contribution is 5.97. The number of carbonyl (C=O) groups excluding carboxylic acids is 7. The maximum atomic E-state index is 14.6. The highest BCUT2D eigenvalue weighted by Gasteiger charge is 2.39. The molecule has 0 saturated carbocycles. The summed E-state index contributed by atoms with van der Waals surface area (Å²) in [6.45, 7) is 3.54. The number of imidazole rings is 1. The largest absolute Gasteiger partial charge is 0.508 e. The number of aliphatic imine (C=N–C) groups is 1. The van der Waals surface area contributed by atoms with E-state index in [1.165, 1.54) is 66.0 Å². The fourth-order valence-corrected chi connectivity index (χ4v) is 7.55. The Kier molecular flexibility index (Phi) is 20.3. The molecule has 1 saturated heterocycles. The molecule has 24 nitrogen and oxygen atoms in total. The number of carboxylic acid groups (broad SMARTS) is 1. The summed E-state index contributed by atoms with van der Waals surface area (Å²) in [5, 5.41) is 42.4. The van der Waals surface area contributed by atoms with Gasteiger partial charge in [0.15, 0.2) is 5.96 Å². The van der Waals surface area contributed by atoms with Gasteiger partial charge < -0.3 is 74.7 Å². The highest BCUT2D eigenvalue weighted by Crippen LogP contribution is 2.20. The van der Waals surface area contributed by atoms with Crippen LogP contribution < -0.4 is 49.5 Å². The number of aliphatic carboxylic acids is 1. The number of aromatic nitrogens is 2. The average molecular weight is 962 g/mol. The Balaban J connectivity index is 1.64. The van der Waals surface area contributed by atoms with Crippen molar-refractivity contribution in [1.82, 2.24) is 41.5 Å². The summed E-state index contributed by atoms with van der Waals surface area (Å²) in [7, 11) is 0. The fraction of sp³-hybridized carbons (Fsp3) is 0.467. The number of phenols is 2. The molecule has 69 heavy (non-hydrogen) atoms. The fourth-order valence-electron chi connectivity index (χ4n) is 7.55. The number of benzene rings is 2. The number of primary amides is 1. The molecule has 0 unspecified atom stereocenters. The van der Waals surface area contributed by atoms with Gasteiger partial charge in [-0.1, -0.05) is 38.1 Å². The molecule has 374 valence electrons. The van der Waals surface area contributed by atoms with E-state index < -0.39 is 102 Å². The van der Waals surface area contributed by atoms with Crippen LogP contribution in [0.3, 0.4) is 0 Å². The number of nitrogens with two attached hydrogens (primary N) is 4. The van der Waals surface area contributed by atoms with Crippen LogP contribution in [0.25, 0.3) is 0 Å². The van der Waals surface area contributed by atoms with Crippen molar-refractivity contribution in [2.75, 3.05) is 13.1 Å². The molecular formula is C45H63N13O11. The molecule has 3 aromatic rings. The zero-order chi connectivity index (χ0) is 50.8. The first-order chi connectivity index (χ1) is 32.7. The van der Waals surface area contributed by atoms with Crippen molar-refractivity contribution in [2.24, 2.45) is 33.8 Å². The number of hydrogen-bond donors (Lipinski definition) is 13. The number of phenolic OH excluding ortho intramolecular Hbond substituents is 2. The zero-order valence-corrected chi connectivity index (χ0v) is 38.4. The summed E-state index contributed by atoms with van der Waals surface area (Å²) in [5.74, 6) is -7.58. The number of likely N-dealkylation sites (tertiary alicyclic amines) is 1. The average Bonchev–Trinajstić information content (AvgIpc) is 4.02. The van der Waals surface area contributed by atoms with Gasteiger partial charge in [0, 0.05) is 50.7 Å². The Morgan fingerprint density at radius 1 is 0.739 bits per heavy atom. The molecule has 1 aromatic heterocycles. The van der Waals surface area contributed by atoms with E-state index >= 15 is 0 Å². The highest BCUT2D eigenvalue weighted by atomic mass is 16.4. The summed E-state index contributed by atoms with van der Waals surface area (Å²) in [6.07, 6.45) is 2.80. The van der Waals surface area contributed by atoms with E-state index in [1.54, 1.807) is 13.8 Å². The van der Waals surface area contributed by atoms with Gasteiger partial charge in [0.05, 0.1) is 12.4 Å². The molecule has 1 aliphatic rings. The number of carbonyl (C=O) groups is 8. The summed E-state index contributed by atoms with van der Waals surface area (Å²) in [4.78, 5) is 120. The zero-order valence-electron chi connectivity index (χ0n) is 38.4. The summed E-state index contributed by atoms with van der Waals surface area (Å²) < 4.78 is 0. The van der Waals surface area contributed by atoms with Crippen LogP contribution in [0.1, 0.15) is 69.2 Å². The monoisotopic (exact) mass is 961 g/mol. The van der Waals surface area contributed by atoms with E-state index in [0.717, 1.165) is 0 Å². The first kappa shape index (κ1) is 53.9. The Labute approximate surface area is 397 Å². The van der Waals surface area contributed by atoms with E-state index in [9.17, 15) is 48.6 Å². The first-order valence-corrected chi connectivity index (χ1v) is 22.4. The Hall–Kier alpha value is -7.76. The minimum Gasteiger partial charge on any atom is -0.508 e. The van der Waals surface area contributed by atoms with Gasteiger partial charge in [0.25, 0.3) is 0 Å². The lowest BCUT2D eigenvalue weighted by atomic mass is 9.99. The SMILES string of the molecule is CC(C)[C@H](NC(=O)[C@H](CCCN=C(N)N)NC(=O)[C@H](N)CCC(=O)O)C(=O)N[C@@H](Cc1ccc(O)cc1)C(=O)N[C@@H](Cc1ccc(O)cc1)C(=O)N[C@@H](Cc1cnc[nH]1)C(=O)N1CCC[C@H]1C(N)=O. The van der Waals surface area contributed by atoms with Gasteiger partial charge in [-0.05, 0) is 73.4 Å². The molecule has 2 heterocycles. The molecule has 7 atom stereocenters. The van der Waals surface area contributed by atoms with Crippen molar-refractivity contribution < 1.29 is 53.7 Å². The summed E-state index contributed by atoms with van der Waals surface area (Å²) in [6, 6.07) is 2.69. The van der Waals surface area contributed by atoms with Gasteiger partial charge in [-0.15, -0.1) is 0 Å². The molecule has 0 bridgehead atoms. The molecule has 2 aromatic carbocycles. The Morgan fingerprint density at radius 2 is 1.28 bits per heavy atom. The van der Waals surface area contributed by atoms with Crippen LogP contribution in [-0.4, -0.2) is 139 Å². The number of H-pyrrole nitrogens is 1. The maximum absolute atomic E-state index is 14.6. The van der Waals surface area contributed by atoms with Crippen LogP contribution in [0.2, 0.25) is 0 Å². The number of carboxylic acids is 1. The quantitative estimate of drug-likeness (QED) is 0.0228. The van der Waals surface area contributed by atoms with E-state index in [-0.39, 0.29) is 69.1 Å². The molecule has 1 aliphatic heterocycles. The van der Waals surface area contributed by atoms with Crippen LogP contribution in [0.15, 0.2) is 66.0 Å². The first-order valence-electron chi connectivity index (χ1n) is 22.4. The molecule has 0 spiro atoms. The lowest BCUT2D eigenvalue weighted by Gasteiger charge is -2.30. The Bertz CT molecular complexity index is 2270. The van der Waals surface area contributed by atoms with Crippen molar-refractivity contribution in [2.45, 2.75) is 114 Å². The van der Waals surface area contributed by atoms with Gasteiger partial charge >= 0.3 is 5.97 Å². The summed E-state index contributed by atoms with van der Waals surface area (Å²) >= 11 is 0. The van der Waals surface area contributed by atoms with Crippen molar-refractivity contribution in [3.8, 4) is 11.5 Å². The number of nitrogens with one attached hydrogen (secondary N) is 6. The topological polar surface area (TPSA) is 406 Å². The number of rotatable bonds is 26. The number of amides is 7. The predicted molar refractivity (Wildman–Crippen MR) is 249 cm³/mol. The standard InChI is InChI=1S/C45H63N13O11/c1-24(2)37(57-40(65)31(5-3-17-51-45(48)49)53-39(64)30(46)15-16-36(61)62)43(68)55-33(20-26-9-13-29(60)14-10-26)41(66)54-32(19-25-7-11-28(59)12-8-25)42(67)56-34(21-27-22-50-23-52-27)44(69)58-18-4-6-35(58)38(47)63/h7-14,22-24,30-35,37,59-60H,3-6,15-21,46H2,1-2H3,(H2,47,63)(H,50,52)(H,53,64)(H,54,66)(H,55,68)(H,56,67)(H,57,65)(H,61,62)(H4,48,49,51)/t30-,31+,32+,33+,34+,35+,37+/m1/s1. The lowest BCUT2D eigenvalue weighted by molar-refractivity contribution is -0.141. The van der Waals surface area contributed by atoms with Crippen LogP contribution in [0.4, 0.5) is 0 Å². The van der Waals surface area contributed by atoms with Crippen LogP contribution in [0.5, 0.6) is 11.5 Å². The smallest absolute Gasteiger partial charge is 0.303 e. The molecule has 17 N–H and O–H groups in total. The third-order valence-corrected chi connectivity index (χ3v) is 11.3. The minimum atomic E-state index is -1.44. The second kappa shape index (κ2) is 26.0. The number of aromatic hydroxyl groups is 2. The van der Waals surface area contributed by atoms with Crippen LogP contribution in [-0.2, 0) is 57.6 Å². The lowest BCUT2D eigenvalue weighted by Crippen LogP contribution is -2.61. The number of hydrogen-bond acceptors (Lipinski definition) is 13. The Morgan fingerprint density at radius 3 is 1.78 bits per heavy atom. The van der Waals surface area contributed by atoms with E-state index in [2.05, 4.69) is 41.5 Å². The van der Waals surface area contributed by atoms with E-state index in [0.29, 0.717) is 29.7 Å².